The van der Waals surface area contributed by atoms with E-state index in [9.17, 15) is 4.79 Å². The van der Waals surface area contributed by atoms with Gasteiger partial charge >= 0.3 is 6.03 Å². The Balaban J connectivity index is 0.00000182. The summed E-state index contributed by atoms with van der Waals surface area (Å²) >= 11 is 0. The fourth-order valence-electron chi connectivity index (χ4n) is 2.48. The van der Waals surface area contributed by atoms with E-state index in [1.54, 1.807) is 49.6 Å². The molecule has 0 saturated carbocycles. The number of halogens is 1. The third-order valence-electron chi connectivity index (χ3n) is 3.50. The molecular weight excluding hydrogens is 342 g/mol. The van der Waals surface area contributed by atoms with Gasteiger partial charge in [0, 0.05) is 31.1 Å². The highest BCUT2D eigenvalue weighted by atomic mass is 35.5. The highest BCUT2D eigenvalue weighted by Gasteiger charge is 2.09. The molecule has 0 aliphatic rings. The number of amides is 2. The van der Waals surface area contributed by atoms with E-state index in [0.717, 1.165) is 5.52 Å². The molecule has 0 radical (unpaired) electrons. The Bertz CT molecular complexity index is 1060. The SMILES string of the molecule is Cc1nc2ccc(NC(=O)Nc3ccnc4cccnc34)cc2o1.Cl. The summed E-state index contributed by atoms with van der Waals surface area (Å²) in [6, 6.07) is 10.3. The quantitative estimate of drug-likeness (QED) is 0.563. The molecule has 0 saturated heterocycles. The summed E-state index contributed by atoms with van der Waals surface area (Å²) in [5.41, 5.74) is 3.94. The number of pyridine rings is 2. The van der Waals surface area contributed by atoms with Gasteiger partial charge in [-0.15, -0.1) is 12.4 Å². The average Bonchev–Trinajstić information content (AvgIpc) is 2.94. The van der Waals surface area contributed by atoms with Crippen LogP contribution in [0, 0.1) is 6.92 Å². The first-order valence-corrected chi connectivity index (χ1v) is 7.34. The van der Waals surface area contributed by atoms with Crippen LogP contribution in [0.15, 0.2) is 53.2 Å². The smallest absolute Gasteiger partial charge is 0.323 e. The van der Waals surface area contributed by atoms with Crippen LogP contribution in [-0.2, 0) is 0 Å². The molecule has 0 bridgehead atoms. The van der Waals surface area contributed by atoms with Crippen LogP contribution in [0.2, 0.25) is 0 Å². The third-order valence-corrected chi connectivity index (χ3v) is 3.50. The molecule has 2 N–H and O–H groups in total. The molecule has 0 aliphatic carbocycles. The van der Waals surface area contributed by atoms with E-state index in [2.05, 4.69) is 25.6 Å². The van der Waals surface area contributed by atoms with Crippen molar-refractivity contribution in [1.82, 2.24) is 15.0 Å². The number of aromatic nitrogens is 3. The van der Waals surface area contributed by atoms with Crippen LogP contribution in [0.25, 0.3) is 22.1 Å². The van der Waals surface area contributed by atoms with Crippen LogP contribution in [0.5, 0.6) is 0 Å². The maximum absolute atomic E-state index is 12.3. The maximum Gasteiger partial charge on any atom is 0.323 e. The molecule has 8 heteroatoms. The number of urea groups is 1. The zero-order chi connectivity index (χ0) is 16.5. The summed E-state index contributed by atoms with van der Waals surface area (Å²) in [7, 11) is 0. The summed E-state index contributed by atoms with van der Waals surface area (Å²) in [5, 5.41) is 5.56. The molecule has 2 amide bonds. The van der Waals surface area contributed by atoms with Gasteiger partial charge in [0.15, 0.2) is 11.5 Å². The minimum absolute atomic E-state index is 0. The lowest BCUT2D eigenvalue weighted by molar-refractivity contribution is 0.262. The number of benzene rings is 1. The fourth-order valence-corrected chi connectivity index (χ4v) is 2.48. The number of nitrogens with zero attached hydrogens (tertiary/aromatic N) is 3. The van der Waals surface area contributed by atoms with Crippen LogP contribution in [0.4, 0.5) is 16.2 Å². The first-order chi connectivity index (χ1) is 11.7. The highest BCUT2D eigenvalue weighted by molar-refractivity contribution is 6.04. The van der Waals surface area contributed by atoms with Crippen LogP contribution >= 0.6 is 12.4 Å². The van der Waals surface area contributed by atoms with Gasteiger partial charge in [-0.1, -0.05) is 0 Å². The molecule has 1 aromatic carbocycles. The third kappa shape index (κ3) is 3.36. The lowest BCUT2D eigenvalue weighted by Gasteiger charge is -2.09. The lowest BCUT2D eigenvalue weighted by atomic mass is 10.3. The zero-order valence-corrected chi connectivity index (χ0v) is 14.0. The highest BCUT2D eigenvalue weighted by Crippen LogP contribution is 2.21. The Morgan fingerprint density at radius 1 is 1.04 bits per heavy atom. The van der Waals surface area contributed by atoms with Crippen LogP contribution in [0.1, 0.15) is 5.89 Å². The maximum atomic E-state index is 12.3. The number of hydrogen-bond donors (Lipinski definition) is 2. The number of oxazole rings is 1. The van der Waals surface area contributed by atoms with Crippen molar-refractivity contribution >= 4 is 51.9 Å². The van der Waals surface area contributed by atoms with Crippen molar-refractivity contribution < 1.29 is 9.21 Å². The molecule has 0 aliphatic heterocycles. The second-order valence-corrected chi connectivity index (χ2v) is 5.22. The van der Waals surface area contributed by atoms with Gasteiger partial charge in [-0.05, 0) is 30.3 Å². The number of nitrogens with one attached hydrogen (secondary N) is 2. The minimum Gasteiger partial charge on any atom is -0.441 e. The van der Waals surface area contributed by atoms with E-state index in [4.69, 9.17) is 4.42 Å². The molecule has 0 atom stereocenters. The van der Waals surface area contributed by atoms with E-state index < -0.39 is 0 Å². The summed E-state index contributed by atoms with van der Waals surface area (Å²) in [5.74, 6) is 0.584. The second-order valence-electron chi connectivity index (χ2n) is 5.22. The van der Waals surface area contributed by atoms with Crippen molar-refractivity contribution in [2.24, 2.45) is 0 Å². The number of carbonyl (C=O) groups excluding carboxylic acids is 1. The zero-order valence-electron chi connectivity index (χ0n) is 13.2. The second kappa shape index (κ2) is 6.74. The summed E-state index contributed by atoms with van der Waals surface area (Å²) in [4.78, 5) is 24.9. The first-order valence-electron chi connectivity index (χ1n) is 7.34. The molecule has 7 nitrogen and oxygen atoms in total. The first kappa shape index (κ1) is 16.7. The monoisotopic (exact) mass is 355 g/mol. The van der Waals surface area contributed by atoms with Gasteiger partial charge in [-0.25, -0.2) is 9.78 Å². The Hall–Kier alpha value is -3.19. The molecule has 126 valence electrons. The van der Waals surface area contributed by atoms with E-state index in [-0.39, 0.29) is 18.4 Å². The van der Waals surface area contributed by atoms with Crippen molar-refractivity contribution in [2.75, 3.05) is 10.6 Å². The number of aryl methyl sites for hydroxylation is 1. The normalized spacial score (nSPS) is 10.4. The van der Waals surface area contributed by atoms with Crippen molar-refractivity contribution in [3.63, 3.8) is 0 Å². The van der Waals surface area contributed by atoms with E-state index in [1.165, 1.54) is 0 Å². The number of fused-ring (bicyclic) bond motifs is 2. The van der Waals surface area contributed by atoms with Gasteiger partial charge in [0.05, 0.1) is 11.2 Å². The lowest BCUT2D eigenvalue weighted by Crippen LogP contribution is -2.19. The largest absolute Gasteiger partial charge is 0.441 e. The predicted molar refractivity (Wildman–Crippen MR) is 98.2 cm³/mol. The Kier molecular flexibility index (Phi) is 4.49. The molecule has 4 rings (SSSR count). The molecule has 3 aromatic heterocycles. The molecule has 0 unspecified atom stereocenters. The summed E-state index contributed by atoms with van der Waals surface area (Å²) in [6.45, 7) is 1.78. The predicted octanol–water partition coefficient (Wildman–Crippen LogP) is 4.15. The molecule has 0 fully saturated rings. The number of anilines is 2. The summed E-state index contributed by atoms with van der Waals surface area (Å²) in [6.07, 6.45) is 3.29. The number of hydrogen-bond acceptors (Lipinski definition) is 5. The van der Waals surface area contributed by atoms with Gasteiger partial charge in [0.2, 0.25) is 0 Å². The van der Waals surface area contributed by atoms with Gasteiger partial charge in [0.1, 0.15) is 11.0 Å². The molecule has 4 aromatic rings. The van der Waals surface area contributed by atoms with Crippen molar-refractivity contribution in [3.8, 4) is 0 Å². The molecular formula is C17H14ClN5O2. The Morgan fingerprint density at radius 2 is 1.92 bits per heavy atom. The summed E-state index contributed by atoms with van der Waals surface area (Å²) < 4.78 is 5.46. The van der Waals surface area contributed by atoms with Crippen molar-refractivity contribution in [1.29, 1.82) is 0 Å². The topological polar surface area (TPSA) is 92.9 Å². The molecule has 0 spiro atoms. The van der Waals surface area contributed by atoms with Gasteiger partial charge in [-0.3, -0.25) is 9.97 Å². The molecule has 25 heavy (non-hydrogen) atoms. The van der Waals surface area contributed by atoms with Crippen LogP contribution in [0.3, 0.4) is 0 Å². The number of rotatable bonds is 2. The Morgan fingerprint density at radius 3 is 2.80 bits per heavy atom. The van der Waals surface area contributed by atoms with E-state index in [1.807, 2.05) is 6.07 Å². The van der Waals surface area contributed by atoms with Gasteiger partial charge in [-0.2, -0.15) is 0 Å². The minimum atomic E-state index is -0.372. The van der Waals surface area contributed by atoms with Crippen LogP contribution < -0.4 is 10.6 Å². The standard InChI is InChI=1S/C17H13N5O2.ClH/c1-10-20-12-5-4-11(9-15(12)24-10)21-17(23)22-14-6-8-18-13-3-2-7-19-16(13)14;/h2-9H,1H3,(H2,18,21,22,23);1H. The van der Waals surface area contributed by atoms with Crippen molar-refractivity contribution in [2.45, 2.75) is 6.92 Å². The van der Waals surface area contributed by atoms with Gasteiger partial charge in [0.25, 0.3) is 0 Å². The van der Waals surface area contributed by atoms with Gasteiger partial charge < -0.3 is 15.1 Å². The van der Waals surface area contributed by atoms with Crippen molar-refractivity contribution in [3.05, 3.63) is 54.7 Å². The van der Waals surface area contributed by atoms with Crippen LogP contribution in [-0.4, -0.2) is 21.0 Å². The van der Waals surface area contributed by atoms with E-state index >= 15 is 0 Å². The number of carbonyl (C=O) groups is 1. The molecule has 3 heterocycles. The average molecular weight is 356 g/mol. The fraction of sp³-hybridized carbons (Fsp3) is 0.0588. The van der Waals surface area contributed by atoms with E-state index in [0.29, 0.717) is 33.9 Å². The Labute approximate surface area is 148 Å².